The van der Waals surface area contributed by atoms with Crippen LogP contribution in [0.5, 0.6) is 0 Å². The lowest BCUT2D eigenvalue weighted by Crippen LogP contribution is -2.46. The fraction of sp³-hybridized carbons (Fsp3) is 0.714. The lowest BCUT2D eigenvalue weighted by molar-refractivity contribution is 0.0195. The Bertz CT molecular complexity index is 672. The largest absolute Gasteiger partial charge is 0.379 e. The van der Waals surface area contributed by atoms with E-state index in [1.54, 1.807) is 0 Å². The van der Waals surface area contributed by atoms with E-state index in [1.165, 1.54) is 12.0 Å². The van der Waals surface area contributed by atoms with Gasteiger partial charge in [0.15, 0.2) is 5.96 Å². The van der Waals surface area contributed by atoms with E-state index in [0.29, 0.717) is 6.04 Å². The molecule has 9 heteroatoms. The van der Waals surface area contributed by atoms with Gasteiger partial charge in [-0.05, 0) is 25.1 Å². The van der Waals surface area contributed by atoms with Crippen LogP contribution in [-0.4, -0.2) is 111 Å². The highest BCUT2D eigenvalue weighted by Crippen LogP contribution is 2.17. The lowest BCUT2D eigenvalue weighted by atomic mass is 10.2. The molecule has 3 saturated heterocycles. The first kappa shape index (κ1) is 23.5. The second-order valence-electron chi connectivity index (χ2n) is 8.25. The highest BCUT2D eigenvalue weighted by Gasteiger charge is 2.30. The van der Waals surface area contributed by atoms with Gasteiger partial charge in [0.1, 0.15) is 5.82 Å². The lowest BCUT2D eigenvalue weighted by Gasteiger charge is -2.33. The maximum absolute atomic E-state index is 5.49. The number of anilines is 1. The van der Waals surface area contributed by atoms with Crippen LogP contribution in [0.3, 0.4) is 0 Å². The molecule has 30 heavy (non-hydrogen) atoms. The van der Waals surface area contributed by atoms with Crippen LogP contribution in [0, 0.1) is 0 Å². The van der Waals surface area contributed by atoms with Crippen molar-refractivity contribution >= 4 is 35.8 Å². The molecule has 0 spiro atoms. The summed E-state index contributed by atoms with van der Waals surface area (Å²) in [6.45, 7) is 11.0. The number of aromatic nitrogens is 1. The van der Waals surface area contributed by atoms with Crippen molar-refractivity contribution in [1.82, 2.24) is 25.0 Å². The minimum atomic E-state index is 0. The number of likely N-dealkylation sites (N-methyl/N-ethyl adjacent to an activating group) is 1. The number of rotatable bonds is 4. The van der Waals surface area contributed by atoms with Crippen molar-refractivity contribution in [3.8, 4) is 0 Å². The van der Waals surface area contributed by atoms with Gasteiger partial charge in [-0.2, -0.15) is 0 Å². The van der Waals surface area contributed by atoms with Gasteiger partial charge in [-0.25, -0.2) is 4.98 Å². The molecule has 168 valence electrons. The number of nitrogens with zero attached hydrogens (tertiary/aromatic N) is 6. The summed E-state index contributed by atoms with van der Waals surface area (Å²) in [7, 11) is 4.05. The number of likely N-dealkylation sites (tertiary alicyclic amines) is 1. The van der Waals surface area contributed by atoms with Crippen molar-refractivity contribution in [2.24, 2.45) is 4.99 Å². The first-order valence-electron chi connectivity index (χ1n) is 10.9. The van der Waals surface area contributed by atoms with E-state index in [4.69, 9.17) is 9.72 Å². The number of hydrogen-bond donors (Lipinski definition) is 1. The van der Waals surface area contributed by atoms with Gasteiger partial charge >= 0.3 is 0 Å². The molecule has 0 saturated carbocycles. The molecule has 8 nitrogen and oxygen atoms in total. The smallest absolute Gasteiger partial charge is 0.193 e. The summed E-state index contributed by atoms with van der Waals surface area (Å²) in [5.41, 5.74) is 1.19. The molecule has 1 N–H and O–H groups in total. The molecule has 4 heterocycles. The van der Waals surface area contributed by atoms with Gasteiger partial charge in [-0.1, -0.05) is 6.07 Å². The molecule has 0 amide bonds. The molecule has 4 rings (SSSR count). The molecule has 1 aromatic rings. The Morgan fingerprint density at radius 3 is 2.57 bits per heavy atom. The number of pyridine rings is 1. The zero-order valence-corrected chi connectivity index (χ0v) is 20.6. The van der Waals surface area contributed by atoms with Crippen molar-refractivity contribution < 1.29 is 4.74 Å². The highest BCUT2D eigenvalue weighted by atomic mass is 127. The molecule has 1 aromatic heterocycles. The van der Waals surface area contributed by atoms with Crippen molar-refractivity contribution in [3.05, 3.63) is 23.9 Å². The Labute approximate surface area is 197 Å². The number of hydrogen-bond acceptors (Lipinski definition) is 6. The summed E-state index contributed by atoms with van der Waals surface area (Å²) in [6.07, 6.45) is 3.19. The van der Waals surface area contributed by atoms with Crippen molar-refractivity contribution in [2.45, 2.75) is 19.0 Å². The standard InChI is InChI=1S/C21H35N7O.HI/c1-22-21(28-6-5-19(17-28)26-11-13-29-14-12-26)24-16-18-3-4-20(23-15-18)27-9-7-25(2)8-10-27;/h3-4,15,19H,5-14,16-17H2,1-2H3,(H,22,24);1H. The summed E-state index contributed by atoms with van der Waals surface area (Å²) < 4.78 is 5.49. The van der Waals surface area contributed by atoms with Crippen molar-refractivity contribution in [1.29, 1.82) is 0 Å². The minimum Gasteiger partial charge on any atom is -0.379 e. The fourth-order valence-electron chi connectivity index (χ4n) is 4.43. The van der Waals surface area contributed by atoms with E-state index >= 15 is 0 Å². The molecule has 3 fully saturated rings. The SMILES string of the molecule is CN=C(NCc1ccc(N2CCN(C)CC2)nc1)N1CCC(N2CCOCC2)C1.I. The first-order valence-corrected chi connectivity index (χ1v) is 10.9. The topological polar surface area (TPSA) is 59.5 Å². The Kier molecular flexibility index (Phi) is 8.97. The Morgan fingerprint density at radius 1 is 1.13 bits per heavy atom. The Balaban J connectivity index is 0.00000256. The predicted molar refractivity (Wildman–Crippen MR) is 132 cm³/mol. The van der Waals surface area contributed by atoms with E-state index in [1.807, 2.05) is 13.2 Å². The highest BCUT2D eigenvalue weighted by molar-refractivity contribution is 14.0. The van der Waals surface area contributed by atoms with Crippen LogP contribution in [0.15, 0.2) is 23.3 Å². The van der Waals surface area contributed by atoms with Crippen LogP contribution < -0.4 is 10.2 Å². The van der Waals surface area contributed by atoms with Gasteiger partial charge in [0.05, 0.1) is 13.2 Å². The van der Waals surface area contributed by atoms with Crippen LogP contribution in [0.2, 0.25) is 0 Å². The van der Waals surface area contributed by atoms with E-state index in [-0.39, 0.29) is 24.0 Å². The van der Waals surface area contributed by atoms with Gasteiger partial charge in [0.25, 0.3) is 0 Å². The maximum Gasteiger partial charge on any atom is 0.193 e. The van der Waals surface area contributed by atoms with Crippen molar-refractivity contribution in [2.75, 3.05) is 84.6 Å². The summed E-state index contributed by atoms with van der Waals surface area (Å²) in [5.74, 6) is 2.07. The second-order valence-corrected chi connectivity index (χ2v) is 8.25. The summed E-state index contributed by atoms with van der Waals surface area (Å²) in [4.78, 5) is 18.9. The average molecular weight is 529 g/mol. The third-order valence-corrected chi connectivity index (χ3v) is 6.32. The third kappa shape index (κ3) is 5.95. The zero-order valence-electron chi connectivity index (χ0n) is 18.3. The molecule has 3 aliphatic heterocycles. The average Bonchev–Trinajstić information content (AvgIpc) is 3.26. The van der Waals surface area contributed by atoms with E-state index in [0.717, 1.165) is 83.9 Å². The minimum absolute atomic E-state index is 0. The number of aliphatic imine (C=N–C) groups is 1. The van der Waals surface area contributed by atoms with Gasteiger partial charge in [0, 0.05) is 78.2 Å². The zero-order chi connectivity index (χ0) is 20.1. The molecular weight excluding hydrogens is 493 g/mol. The summed E-state index contributed by atoms with van der Waals surface area (Å²) >= 11 is 0. The number of halogens is 1. The number of morpholine rings is 1. The maximum atomic E-state index is 5.49. The second kappa shape index (κ2) is 11.4. The number of piperazine rings is 1. The van der Waals surface area contributed by atoms with Crippen LogP contribution in [0.25, 0.3) is 0 Å². The van der Waals surface area contributed by atoms with E-state index in [9.17, 15) is 0 Å². The normalized spacial score (nSPS) is 24.1. The number of nitrogens with one attached hydrogen (secondary N) is 1. The molecular formula is C21H36IN7O. The molecule has 0 aliphatic carbocycles. The third-order valence-electron chi connectivity index (χ3n) is 6.32. The van der Waals surface area contributed by atoms with Crippen LogP contribution in [0.4, 0.5) is 5.82 Å². The summed E-state index contributed by atoms with van der Waals surface area (Å²) in [6, 6.07) is 4.94. The van der Waals surface area contributed by atoms with Gasteiger partial charge < -0.3 is 24.8 Å². The molecule has 1 unspecified atom stereocenters. The van der Waals surface area contributed by atoms with Crippen LogP contribution in [0.1, 0.15) is 12.0 Å². The van der Waals surface area contributed by atoms with Crippen molar-refractivity contribution in [3.63, 3.8) is 0 Å². The number of guanidine groups is 1. The van der Waals surface area contributed by atoms with E-state index in [2.05, 4.69) is 49.1 Å². The fourth-order valence-corrected chi connectivity index (χ4v) is 4.43. The summed E-state index contributed by atoms with van der Waals surface area (Å²) in [5, 5.41) is 3.53. The first-order chi connectivity index (χ1) is 14.2. The Morgan fingerprint density at radius 2 is 1.90 bits per heavy atom. The number of ether oxygens (including phenoxy) is 1. The molecule has 3 aliphatic rings. The van der Waals surface area contributed by atoms with E-state index < -0.39 is 0 Å². The Hall–Kier alpha value is -1.17. The van der Waals surface area contributed by atoms with Gasteiger partial charge in [-0.3, -0.25) is 9.89 Å². The van der Waals surface area contributed by atoms with Crippen LogP contribution in [-0.2, 0) is 11.3 Å². The quantitative estimate of drug-likeness (QED) is 0.354. The predicted octanol–water partition coefficient (Wildman–Crippen LogP) is 0.933. The van der Waals surface area contributed by atoms with Crippen LogP contribution >= 0.6 is 24.0 Å². The van der Waals surface area contributed by atoms with Gasteiger partial charge in [0.2, 0.25) is 0 Å². The molecule has 0 radical (unpaired) electrons. The molecule has 0 aromatic carbocycles. The molecule has 1 atom stereocenters. The monoisotopic (exact) mass is 529 g/mol. The van der Waals surface area contributed by atoms with Gasteiger partial charge in [-0.15, -0.1) is 24.0 Å². The molecule has 0 bridgehead atoms.